The third-order valence-corrected chi connectivity index (χ3v) is 4.23. The molecule has 0 saturated carbocycles. The standard InChI is InChI=1S/C22H34O2/c1-7-8-9-12-18(4)16-21-20(19(5)23)13-15-22(6,24-21)14-10-11-17(2)3/h11,13,15-16,23H,4,7-10,12,14H2,1-3,5-6H3/b20-19+,21-16+. The summed E-state index contributed by atoms with van der Waals surface area (Å²) < 4.78 is 6.27. The van der Waals surface area contributed by atoms with Crippen LogP contribution in [-0.2, 0) is 4.74 Å². The Bertz CT molecular complexity index is 553. The van der Waals surface area contributed by atoms with Gasteiger partial charge in [0.05, 0.1) is 5.57 Å². The maximum absolute atomic E-state index is 9.96. The minimum Gasteiger partial charge on any atom is -0.512 e. The minimum atomic E-state index is -0.347. The minimum absolute atomic E-state index is 0.283. The van der Waals surface area contributed by atoms with Crippen LogP contribution in [0, 0.1) is 0 Å². The van der Waals surface area contributed by atoms with Crippen LogP contribution in [0.2, 0.25) is 0 Å². The normalized spacial score (nSPS) is 23.8. The average Bonchev–Trinajstić information content (AvgIpc) is 2.46. The average molecular weight is 331 g/mol. The van der Waals surface area contributed by atoms with Gasteiger partial charge in [0.1, 0.15) is 17.1 Å². The zero-order valence-corrected chi connectivity index (χ0v) is 16.1. The second kappa shape index (κ2) is 9.56. The Labute approximate surface area is 148 Å². The number of aliphatic hydroxyl groups excluding tert-OH is 1. The van der Waals surface area contributed by atoms with Gasteiger partial charge in [0.25, 0.3) is 0 Å². The van der Waals surface area contributed by atoms with E-state index in [2.05, 4.69) is 46.4 Å². The molecule has 134 valence electrons. The van der Waals surface area contributed by atoms with Gasteiger partial charge in [0.15, 0.2) is 0 Å². The van der Waals surface area contributed by atoms with E-state index in [9.17, 15) is 5.11 Å². The number of ether oxygens (including phenoxy) is 1. The van der Waals surface area contributed by atoms with Crippen LogP contribution in [0.15, 0.2) is 59.1 Å². The van der Waals surface area contributed by atoms with Crippen LogP contribution in [0.5, 0.6) is 0 Å². The van der Waals surface area contributed by atoms with Gasteiger partial charge in [-0.1, -0.05) is 43.6 Å². The summed E-state index contributed by atoms with van der Waals surface area (Å²) >= 11 is 0. The van der Waals surface area contributed by atoms with Crippen molar-refractivity contribution < 1.29 is 9.84 Å². The summed E-state index contributed by atoms with van der Waals surface area (Å²) in [6.07, 6.45) is 14.7. The molecular weight excluding hydrogens is 296 g/mol. The van der Waals surface area contributed by atoms with Gasteiger partial charge in [-0.2, -0.15) is 0 Å². The van der Waals surface area contributed by atoms with E-state index in [1.165, 1.54) is 18.4 Å². The van der Waals surface area contributed by atoms with E-state index in [1.54, 1.807) is 6.92 Å². The molecule has 1 heterocycles. The molecule has 1 N–H and O–H groups in total. The molecule has 0 aromatic carbocycles. The SMILES string of the molecule is C=C(/C=C1/OC(C)(CCC=C(C)C)C=C/C1=C(/C)O)CCCCC. The van der Waals surface area contributed by atoms with Crippen LogP contribution in [0.3, 0.4) is 0 Å². The van der Waals surface area contributed by atoms with Crippen molar-refractivity contribution in [3.63, 3.8) is 0 Å². The fourth-order valence-corrected chi connectivity index (χ4v) is 2.73. The molecule has 1 aliphatic heterocycles. The highest BCUT2D eigenvalue weighted by atomic mass is 16.5. The topological polar surface area (TPSA) is 29.5 Å². The van der Waals surface area contributed by atoms with Crippen molar-refractivity contribution in [3.05, 3.63) is 59.1 Å². The zero-order chi connectivity index (χ0) is 18.2. The third-order valence-electron chi connectivity index (χ3n) is 4.23. The lowest BCUT2D eigenvalue weighted by atomic mass is 9.93. The molecule has 0 aliphatic carbocycles. The zero-order valence-electron chi connectivity index (χ0n) is 16.1. The molecule has 1 aliphatic rings. The highest BCUT2D eigenvalue weighted by Crippen LogP contribution is 2.34. The molecule has 1 unspecified atom stereocenters. The number of allylic oxidation sites excluding steroid dienone is 6. The monoisotopic (exact) mass is 330 g/mol. The Morgan fingerprint density at radius 2 is 2.00 bits per heavy atom. The first-order chi connectivity index (χ1) is 11.3. The lowest BCUT2D eigenvalue weighted by molar-refractivity contribution is 0.0540. The fraction of sp³-hybridized carbons (Fsp3) is 0.545. The molecular formula is C22H34O2. The molecule has 0 amide bonds. The van der Waals surface area contributed by atoms with E-state index in [4.69, 9.17) is 4.74 Å². The summed E-state index contributed by atoms with van der Waals surface area (Å²) in [5.41, 5.74) is 2.79. The number of hydrogen-bond acceptors (Lipinski definition) is 2. The number of unbranched alkanes of at least 4 members (excludes halogenated alkanes) is 2. The largest absolute Gasteiger partial charge is 0.512 e. The van der Waals surface area contributed by atoms with E-state index < -0.39 is 0 Å². The van der Waals surface area contributed by atoms with E-state index in [0.29, 0.717) is 0 Å². The first kappa shape index (κ1) is 20.3. The van der Waals surface area contributed by atoms with Gasteiger partial charge < -0.3 is 9.84 Å². The van der Waals surface area contributed by atoms with Crippen LogP contribution >= 0.6 is 0 Å². The van der Waals surface area contributed by atoms with Crippen molar-refractivity contribution in [2.24, 2.45) is 0 Å². The van der Waals surface area contributed by atoms with Gasteiger partial charge in [-0.25, -0.2) is 0 Å². The third kappa shape index (κ3) is 6.82. The van der Waals surface area contributed by atoms with Crippen molar-refractivity contribution in [3.8, 4) is 0 Å². The summed E-state index contributed by atoms with van der Waals surface area (Å²) in [7, 11) is 0. The molecule has 0 bridgehead atoms. The maximum Gasteiger partial charge on any atom is 0.131 e. The van der Waals surface area contributed by atoms with E-state index in [0.717, 1.165) is 42.6 Å². The number of rotatable bonds is 8. The molecule has 2 nitrogen and oxygen atoms in total. The van der Waals surface area contributed by atoms with E-state index >= 15 is 0 Å². The number of hydrogen-bond donors (Lipinski definition) is 1. The number of aliphatic hydroxyl groups is 1. The molecule has 1 atom stereocenters. The highest BCUT2D eigenvalue weighted by molar-refractivity contribution is 5.44. The quantitative estimate of drug-likeness (QED) is 0.297. The molecule has 0 aromatic heterocycles. The van der Waals surface area contributed by atoms with Gasteiger partial charge >= 0.3 is 0 Å². The van der Waals surface area contributed by atoms with Crippen molar-refractivity contribution in [2.45, 2.75) is 78.7 Å². The highest BCUT2D eigenvalue weighted by Gasteiger charge is 2.29. The van der Waals surface area contributed by atoms with E-state index in [-0.39, 0.29) is 11.4 Å². The Balaban J connectivity index is 2.91. The van der Waals surface area contributed by atoms with Crippen LogP contribution in [0.1, 0.15) is 73.1 Å². The van der Waals surface area contributed by atoms with Crippen molar-refractivity contribution in [2.75, 3.05) is 0 Å². The Morgan fingerprint density at radius 1 is 1.29 bits per heavy atom. The predicted octanol–water partition coefficient (Wildman–Crippen LogP) is 6.93. The molecule has 2 heteroatoms. The molecule has 1 rings (SSSR count). The van der Waals surface area contributed by atoms with Crippen LogP contribution in [0.25, 0.3) is 0 Å². The summed E-state index contributed by atoms with van der Waals surface area (Å²) in [4.78, 5) is 0. The predicted molar refractivity (Wildman–Crippen MR) is 104 cm³/mol. The maximum atomic E-state index is 9.96. The Morgan fingerprint density at radius 3 is 2.58 bits per heavy atom. The summed E-state index contributed by atoms with van der Waals surface area (Å²) in [5, 5.41) is 9.96. The van der Waals surface area contributed by atoms with Gasteiger partial charge in [0, 0.05) is 0 Å². The van der Waals surface area contributed by atoms with Crippen molar-refractivity contribution in [1.82, 2.24) is 0 Å². The van der Waals surface area contributed by atoms with E-state index in [1.807, 2.05) is 12.2 Å². The fourth-order valence-electron chi connectivity index (χ4n) is 2.73. The van der Waals surface area contributed by atoms with Gasteiger partial charge in [0.2, 0.25) is 0 Å². The van der Waals surface area contributed by atoms with Gasteiger partial charge in [-0.05, 0) is 71.6 Å². The summed E-state index contributed by atoms with van der Waals surface area (Å²) in [6.45, 7) is 14.4. The van der Waals surface area contributed by atoms with Crippen LogP contribution in [0.4, 0.5) is 0 Å². The second-order valence-corrected chi connectivity index (χ2v) is 7.19. The Kier molecular flexibility index (Phi) is 8.10. The smallest absolute Gasteiger partial charge is 0.131 e. The molecule has 0 spiro atoms. The molecule has 0 radical (unpaired) electrons. The second-order valence-electron chi connectivity index (χ2n) is 7.19. The van der Waals surface area contributed by atoms with Crippen LogP contribution in [-0.4, -0.2) is 10.7 Å². The van der Waals surface area contributed by atoms with Crippen molar-refractivity contribution in [1.29, 1.82) is 0 Å². The van der Waals surface area contributed by atoms with Gasteiger partial charge in [-0.3, -0.25) is 0 Å². The molecule has 24 heavy (non-hydrogen) atoms. The summed E-state index contributed by atoms with van der Waals surface area (Å²) in [6, 6.07) is 0. The molecule has 0 fully saturated rings. The van der Waals surface area contributed by atoms with Crippen molar-refractivity contribution >= 4 is 0 Å². The summed E-state index contributed by atoms with van der Waals surface area (Å²) in [5.74, 6) is 1.02. The van der Waals surface area contributed by atoms with Crippen LogP contribution < -0.4 is 0 Å². The first-order valence-corrected chi connectivity index (χ1v) is 9.08. The lowest BCUT2D eigenvalue weighted by Crippen LogP contribution is -2.29. The molecule has 0 aromatic rings. The first-order valence-electron chi connectivity index (χ1n) is 9.08. The lowest BCUT2D eigenvalue weighted by Gasteiger charge is -2.33. The van der Waals surface area contributed by atoms with Gasteiger partial charge in [-0.15, -0.1) is 0 Å². The molecule has 0 saturated heterocycles. The Hall–Kier alpha value is -1.70.